The van der Waals surface area contributed by atoms with Crippen LogP contribution in [0, 0.1) is 11.3 Å². The summed E-state index contributed by atoms with van der Waals surface area (Å²) in [6, 6.07) is 8.96. The number of aromatic amines is 1. The highest BCUT2D eigenvalue weighted by atomic mass is 16.5. The number of hydrogen-bond donors (Lipinski definition) is 2. The summed E-state index contributed by atoms with van der Waals surface area (Å²) >= 11 is 0. The first-order chi connectivity index (χ1) is 11.3. The Kier molecular flexibility index (Phi) is 4.36. The molecule has 1 aromatic carbocycles. The molecule has 0 aliphatic carbocycles. The second-order valence-corrected chi connectivity index (χ2v) is 4.66. The zero-order valence-corrected chi connectivity index (χ0v) is 12.2. The Morgan fingerprint density at radius 3 is 2.96 bits per heavy atom. The van der Waals surface area contributed by atoms with Gasteiger partial charge >= 0.3 is 0 Å². The minimum atomic E-state index is -0.104. The van der Waals surface area contributed by atoms with Gasteiger partial charge in [0.05, 0.1) is 23.9 Å². The number of H-pyrrole nitrogens is 1. The normalized spacial score (nSPS) is 10.4. The number of aromatic nitrogens is 3. The van der Waals surface area contributed by atoms with Crippen LogP contribution in [0.15, 0.2) is 36.7 Å². The third-order valence-electron chi connectivity index (χ3n) is 3.15. The fourth-order valence-corrected chi connectivity index (χ4v) is 2.16. The lowest BCUT2D eigenvalue weighted by Gasteiger charge is -2.11. The van der Waals surface area contributed by atoms with Crippen LogP contribution in [-0.2, 0) is 0 Å². The van der Waals surface area contributed by atoms with Crippen LogP contribution in [0.25, 0.3) is 22.4 Å². The van der Waals surface area contributed by atoms with E-state index in [-0.39, 0.29) is 19.8 Å². The van der Waals surface area contributed by atoms with E-state index in [9.17, 15) is 0 Å². The first-order valence-corrected chi connectivity index (χ1v) is 6.99. The van der Waals surface area contributed by atoms with Crippen LogP contribution >= 0.6 is 0 Å². The molecule has 3 rings (SSSR count). The van der Waals surface area contributed by atoms with Crippen molar-refractivity contribution in [3.05, 3.63) is 36.7 Å². The summed E-state index contributed by atoms with van der Waals surface area (Å²) in [5, 5.41) is 17.6. The van der Waals surface area contributed by atoms with Gasteiger partial charge < -0.3 is 19.6 Å². The SMILES string of the molecule is N#CCOc1ccc(-c2nc3cnccc3[nH]2)c(OCCO)c1. The molecule has 0 saturated heterocycles. The molecule has 0 saturated carbocycles. The number of aliphatic hydroxyl groups excluding tert-OH is 1. The molecule has 3 aromatic rings. The lowest BCUT2D eigenvalue weighted by molar-refractivity contribution is 0.201. The molecule has 23 heavy (non-hydrogen) atoms. The van der Waals surface area contributed by atoms with Gasteiger partial charge in [-0.1, -0.05) is 0 Å². The number of fused-ring (bicyclic) bond motifs is 1. The van der Waals surface area contributed by atoms with E-state index in [1.807, 2.05) is 12.1 Å². The van der Waals surface area contributed by atoms with E-state index in [0.717, 1.165) is 16.6 Å². The molecular formula is C16H14N4O3. The maximum absolute atomic E-state index is 8.98. The van der Waals surface area contributed by atoms with E-state index in [4.69, 9.17) is 19.8 Å². The molecular weight excluding hydrogens is 296 g/mol. The minimum Gasteiger partial charge on any atom is -0.490 e. The van der Waals surface area contributed by atoms with Crippen LogP contribution in [-0.4, -0.2) is 39.9 Å². The Morgan fingerprint density at radius 1 is 1.26 bits per heavy atom. The standard InChI is InChI=1S/C16H14N4O3/c17-4-7-22-11-1-2-12(15(9-11)23-8-6-21)16-19-13-3-5-18-10-14(13)20-16/h1-3,5,9-10,21H,6-8H2,(H,19,20). The average molecular weight is 310 g/mol. The van der Waals surface area contributed by atoms with Gasteiger partial charge in [0, 0.05) is 12.3 Å². The Labute approximate surface area is 132 Å². The number of ether oxygens (including phenoxy) is 2. The number of aliphatic hydroxyl groups is 1. The van der Waals surface area contributed by atoms with Gasteiger partial charge in [-0.2, -0.15) is 5.26 Å². The van der Waals surface area contributed by atoms with Crippen molar-refractivity contribution in [1.29, 1.82) is 5.26 Å². The van der Waals surface area contributed by atoms with Crippen LogP contribution in [0.4, 0.5) is 0 Å². The summed E-state index contributed by atoms with van der Waals surface area (Å²) in [5.74, 6) is 1.66. The molecule has 7 nitrogen and oxygen atoms in total. The van der Waals surface area contributed by atoms with E-state index in [0.29, 0.717) is 17.3 Å². The zero-order chi connectivity index (χ0) is 16.1. The molecule has 0 fully saturated rings. The van der Waals surface area contributed by atoms with Crippen LogP contribution < -0.4 is 9.47 Å². The maximum atomic E-state index is 8.98. The lowest BCUT2D eigenvalue weighted by atomic mass is 10.2. The predicted molar refractivity (Wildman–Crippen MR) is 83.0 cm³/mol. The largest absolute Gasteiger partial charge is 0.490 e. The number of nitrogens with zero attached hydrogens (tertiary/aromatic N) is 3. The summed E-state index contributed by atoms with van der Waals surface area (Å²) in [5.41, 5.74) is 2.35. The van der Waals surface area contributed by atoms with Crippen molar-refractivity contribution in [2.45, 2.75) is 0 Å². The minimum absolute atomic E-state index is 0.0465. The van der Waals surface area contributed by atoms with E-state index in [1.54, 1.807) is 30.6 Å². The van der Waals surface area contributed by atoms with Crippen LogP contribution in [0.5, 0.6) is 11.5 Å². The first kappa shape index (κ1) is 14.8. The molecule has 2 N–H and O–H groups in total. The first-order valence-electron chi connectivity index (χ1n) is 6.99. The third kappa shape index (κ3) is 3.22. The number of rotatable bonds is 6. The monoisotopic (exact) mass is 310 g/mol. The van der Waals surface area contributed by atoms with Gasteiger partial charge in [-0.15, -0.1) is 0 Å². The van der Waals surface area contributed by atoms with E-state index >= 15 is 0 Å². The second-order valence-electron chi connectivity index (χ2n) is 4.66. The van der Waals surface area contributed by atoms with Gasteiger partial charge in [0.15, 0.2) is 6.61 Å². The summed E-state index contributed by atoms with van der Waals surface area (Å²) in [6.07, 6.45) is 3.36. The summed E-state index contributed by atoms with van der Waals surface area (Å²) in [6.45, 7) is -0.00164. The Morgan fingerprint density at radius 2 is 2.17 bits per heavy atom. The van der Waals surface area contributed by atoms with Gasteiger partial charge in [0.1, 0.15) is 35.5 Å². The summed E-state index contributed by atoms with van der Waals surface area (Å²) in [7, 11) is 0. The Hall–Kier alpha value is -3.11. The number of pyridine rings is 1. The molecule has 0 aliphatic heterocycles. The fourth-order valence-electron chi connectivity index (χ4n) is 2.16. The fraction of sp³-hybridized carbons (Fsp3) is 0.188. The highest BCUT2D eigenvalue weighted by Crippen LogP contribution is 2.33. The summed E-state index contributed by atoms with van der Waals surface area (Å²) < 4.78 is 10.9. The highest BCUT2D eigenvalue weighted by molar-refractivity contribution is 5.80. The average Bonchev–Trinajstić information content (AvgIpc) is 3.02. The van der Waals surface area contributed by atoms with Gasteiger partial charge in [0.2, 0.25) is 0 Å². The van der Waals surface area contributed by atoms with E-state index in [2.05, 4.69) is 15.0 Å². The van der Waals surface area contributed by atoms with E-state index < -0.39 is 0 Å². The predicted octanol–water partition coefficient (Wildman–Crippen LogP) is 1.90. The zero-order valence-electron chi connectivity index (χ0n) is 12.2. The third-order valence-corrected chi connectivity index (χ3v) is 3.15. The molecule has 0 aliphatic rings. The van der Waals surface area contributed by atoms with Gasteiger partial charge in [-0.25, -0.2) is 4.98 Å². The molecule has 2 heterocycles. The van der Waals surface area contributed by atoms with Crippen molar-refractivity contribution in [2.75, 3.05) is 19.8 Å². The van der Waals surface area contributed by atoms with Crippen LogP contribution in [0.3, 0.4) is 0 Å². The molecule has 2 aromatic heterocycles. The quantitative estimate of drug-likeness (QED) is 0.720. The number of nitriles is 1. The second kappa shape index (κ2) is 6.77. The van der Waals surface area contributed by atoms with Crippen molar-refractivity contribution in [1.82, 2.24) is 15.0 Å². The lowest BCUT2D eigenvalue weighted by Crippen LogP contribution is -2.03. The molecule has 0 amide bonds. The Bertz CT molecular complexity index is 821. The van der Waals surface area contributed by atoms with E-state index in [1.165, 1.54) is 0 Å². The molecule has 0 bridgehead atoms. The van der Waals surface area contributed by atoms with Crippen molar-refractivity contribution < 1.29 is 14.6 Å². The number of imidazole rings is 1. The molecule has 0 radical (unpaired) electrons. The smallest absolute Gasteiger partial charge is 0.174 e. The molecule has 116 valence electrons. The Balaban J connectivity index is 2.00. The number of hydrogen-bond acceptors (Lipinski definition) is 6. The topological polar surface area (TPSA) is 104 Å². The molecule has 0 unspecified atom stereocenters. The molecule has 7 heteroatoms. The van der Waals surface area contributed by atoms with Crippen molar-refractivity contribution in [3.8, 4) is 29.0 Å². The van der Waals surface area contributed by atoms with Gasteiger partial charge in [0.25, 0.3) is 0 Å². The highest BCUT2D eigenvalue weighted by Gasteiger charge is 2.13. The number of nitrogens with one attached hydrogen (secondary N) is 1. The maximum Gasteiger partial charge on any atom is 0.174 e. The molecule has 0 atom stereocenters. The number of benzene rings is 1. The molecule has 0 spiro atoms. The van der Waals surface area contributed by atoms with Crippen LogP contribution in [0.2, 0.25) is 0 Å². The summed E-state index contributed by atoms with van der Waals surface area (Å²) in [4.78, 5) is 11.7. The van der Waals surface area contributed by atoms with Gasteiger partial charge in [-0.3, -0.25) is 4.98 Å². The van der Waals surface area contributed by atoms with Gasteiger partial charge in [-0.05, 0) is 18.2 Å². The van der Waals surface area contributed by atoms with Crippen molar-refractivity contribution >= 4 is 11.0 Å². The van der Waals surface area contributed by atoms with Crippen LogP contribution in [0.1, 0.15) is 0 Å². The van der Waals surface area contributed by atoms with Crippen molar-refractivity contribution in [2.24, 2.45) is 0 Å². The van der Waals surface area contributed by atoms with Crippen molar-refractivity contribution in [3.63, 3.8) is 0 Å².